The van der Waals surface area contributed by atoms with E-state index in [2.05, 4.69) is 9.97 Å². The number of carbonyl (C=O) groups is 1. The Kier molecular flexibility index (Phi) is 4.46. The molecule has 1 heterocycles. The lowest BCUT2D eigenvalue weighted by Crippen LogP contribution is -2.42. The second kappa shape index (κ2) is 6.12. The molecule has 2 rings (SSSR count). The largest absolute Gasteiger partial charge is 0.342 e. The molecule has 0 aliphatic carbocycles. The van der Waals surface area contributed by atoms with Gasteiger partial charge in [0.15, 0.2) is 0 Å². The maximum Gasteiger partial charge on any atom is 0.255 e. The summed E-state index contributed by atoms with van der Waals surface area (Å²) in [6, 6.07) is 8.00. The van der Waals surface area contributed by atoms with Crippen LogP contribution >= 0.6 is 0 Å². The zero-order chi connectivity index (χ0) is 15.6. The molecule has 1 N–H and O–H groups in total. The van der Waals surface area contributed by atoms with Gasteiger partial charge in [0.25, 0.3) is 5.91 Å². The highest BCUT2D eigenvalue weighted by molar-refractivity contribution is 6.00. The molecule has 2 aromatic rings. The van der Waals surface area contributed by atoms with Crippen molar-refractivity contribution < 1.29 is 4.79 Å². The zero-order valence-electron chi connectivity index (χ0n) is 13.3. The minimum atomic E-state index is 0.0582. The summed E-state index contributed by atoms with van der Waals surface area (Å²) in [4.78, 5) is 22.3. The number of amides is 1. The van der Waals surface area contributed by atoms with Gasteiger partial charge >= 0.3 is 0 Å². The van der Waals surface area contributed by atoms with Crippen molar-refractivity contribution in [1.29, 1.82) is 0 Å². The molecule has 0 saturated carbocycles. The van der Waals surface area contributed by atoms with E-state index in [9.17, 15) is 4.79 Å². The fraction of sp³-hybridized carbons (Fsp3) is 0.412. The molecular weight excluding hydrogens is 262 g/mol. The summed E-state index contributed by atoms with van der Waals surface area (Å²) in [5, 5.41) is 0. The van der Waals surface area contributed by atoms with Gasteiger partial charge in [0.1, 0.15) is 5.82 Å². The third kappa shape index (κ3) is 3.15. The van der Waals surface area contributed by atoms with Crippen molar-refractivity contribution in [3.05, 3.63) is 41.9 Å². The Bertz CT molecular complexity index is 620. The van der Waals surface area contributed by atoms with Gasteiger partial charge in [0.2, 0.25) is 0 Å². The van der Waals surface area contributed by atoms with E-state index in [-0.39, 0.29) is 18.0 Å². The van der Waals surface area contributed by atoms with Crippen LogP contribution in [0.2, 0.25) is 0 Å². The molecule has 4 heteroatoms. The van der Waals surface area contributed by atoms with E-state index >= 15 is 0 Å². The van der Waals surface area contributed by atoms with Crippen molar-refractivity contribution in [1.82, 2.24) is 14.9 Å². The number of nitrogens with one attached hydrogen (secondary N) is 1. The second-order valence-corrected chi connectivity index (χ2v) is 5.83. The van der Waals surface area contributed by atoms with Crippen LogP contribution in [0, 0.1) is 6.92 Å². The number of rotatable bonds is 4. The van der Waals surface area contributed by atoms with Crippen molar-refractivity contribution >= 4 is 5.91 Å². The number of hydrogen-bond donors (Lipinski definition) is 1. The summed E-state index contributed by atoms with van der Waals surface area (Å²) in [5.41, 5.74) is 2.49. The maximum absolute atomic E-state index is 12.9. The molecule has 0 aliphatic heterocycles. The van der Waals surface area contributed by atoms with Gasteiger partial charge in [-0.1, -0.05) is 18.2 Å². The summed E-state index contributed by atoms with van der Waals surface area (Å²) in [5.74, 6) is 0.902. The molecular formula is C17H23N3O. The highest BCUT2D eigenvalue weighted by Crippen LogP contribution is 2.24. The summed E-state index contributed by atoms with van der Waals surface area (Å²) >= 11 is 0. The predicted octanol–water partition coefficient (Wildman–Crippen LogP) is 3.64. The van der Waals surface area contributed by atoms with Crippen molar-refractivity contribution in [3.63, 3.8) is 0 Å². The number of aryl methyl sites for hydroxylation is 1. The molecule has 1 aromatic heterocycles. The predicted molar refractivity (Wildman–Crippen MR) is 85.2 cm³/mol. The highest BCUT2D eigenvalue weighted by Gasteiger charge is 2.24. The number of carbonyl (C=O) groups excluding carboxylic acids is 1. The second-order valence-electron chi connectivity index (χ2n) is 5.83. The third-order valence-corrected chi connectivity index (χ3v) is 3.50. The quantitative estimate of drug-likeness (QED) is 0.932. The SMILES string of the molecule is Cc1ncc(-c2ccccc2C(=O)N(C(C)C)C(C)C)[nH]1. The third-order valence-electron chi connectivity index (χ3n) is 3.50. The van der Waals surface area contributed by atoms with E-state index in [0.717, 1.165) is 17.1 Å². The number of H-pyrrole nitrogens is 1. The van der Waals surface area contributed by atoms with Gasteiger partial charge in [0.05, 0.1) is 11.9 Å². The lowest BCUT2D eigenvalue weighted by atomic mass is 10.0. The van der Waals surface area contributed by atoms with Crippen LogP contribution in [-0.4, -0.2) is 32.9 Å². The molecule has 0 radical (unpaired) electrons. The number of aromatic amines is 1. The fourth-order valence-electron chi connectivity index (χ4n) is 2.67. The Morgan fingerprint density at radius 3 is 2.29 bits per heavy atom. The lowest BCUT2D eigenvalue weighted by molar-refractivity contribution is 0.0644. The highest BCUT2D eigenvalue weighted by atomic mass is 16.2. The van der Waals surface area contributed by atoms with Crippen LogP contribution in [0.5, 0.6) is 0 Å². The summed E-state index contributed by atoms with van der Waals surface area (Å²) in [7, 11) is 0. The zero-order valence-corrected chi connectivity index (χ0v) is 13.3. The molecule has 0 fully saturated rings. The summed E-state index contributed by atoms with van der Waals surface area (Å²) in [6.07, 6.45) is 1.77. The van der Waals surface area contributed by atoms with Gasteiger partial charge < -0.3 is 9.88 Å². The maximum atomic E-state index is 12.9. The Morgan fingerprint density at radius 1 is 1.14 bits per heavy atom. The van der Waals surface area contributed by atoms with Crippen LogP contribution in [0.25, 0.3) is 11.3 Å². The molecule has 0 unspecified atom stereocenters. The molecule has 4 nitrogen and oxygen atoms in total. The molecule has 0 bridgehead atoms. The molecule has 21 heavy (non-hydrogen) atoms. The van der Waals surface area contributed by atoms with Crippen LogP contribution in [0.1, 0.15) is 43.9 Å². The summed E-state index contributed by atoms with van der Waals surface area (Å²) < 4.78 is 0. The number of hydrogen-bond acceptors (Lipinski definition) is 2. The monoisotopic (exact) mass is 285 g/mol. The van der Waals surface area contributed by atoms with E-state index in [0.29, 0.717) is 5.56 Å². The first-order chi connectivity index (χ1) is 9.91. The summed E-state index contributed by atoms with van der Waals surface area (Å²) in [6.45, 7) is 10.1. The van der Waals surface area contributed by atoms with Crippen LogP contribution in [-0.2, 0) is 0 Å². The van der Waals surface area contributed by atoms with E-state index in [4.69, 9.17) is 0 Å². The lowest BCUT2D eigenvalue weighted by Gasteiger charge is -2.31. The molecule has 0 saturated heterocycles. The van der Waals surface area contributed by atoms with Gasteiger partial charge in [-0.05, 0) is 40.7 Å². The normalized spacial score (nSPS) is 11.2. The molecule has 0 aliphatic rings. The smallest absolute Gasteiger partial charge is 0.255 e. The minimum absolute atomic E-state index is 0.0582. The van der Waals surface area contributed by atoms with Crippen LogP contribution in [0.3, 0.4) is 0 Å². The average molecular weight is 285 g/mol. The number of aromatic nitrogens is 2. The van der Waals surface area contributed by atoms with Gasteiger partial charge in [0, 0.05) is 23.2 Å². The van der Waals surface area contributed by atoms with Crippen molar-refractivity contribution in [2.45, 2.75) is 46.7 Å². The Balaban J connectivity index is 2.47. The van der Waals surface area contributed by atoms with Crippen LogP contribution in [0.15, 0.2) is 30.5 Å². The molecule has 1 amide bonds. The Hall–Kier alpha value is -2.10. The van der Waals surface area contributed by atoms with Crippen LogP contribution < -0.4 is 0 Å². The van der Waals surface area contributed by atoms with Gasteiger partial charge in [-0.25, -0.2) is 4.98 Å². The average Bonchev–Trinajstić information content (AvgIpc) is 2.84. The number of nitrogens with zero attached hydrogens (tertiary/aromatic N) is 2. The number of benzene rings is 1. The molecule has 0 atom stereocenters. The molecule has 0 spiro atoms. The van der Waals surface area contributed by atoms with Crippen molar-refractivity contribution in [2.24, 2.45) is 0 Å². The Labute approximate surface area is 126 Å². The van der Waals surface area contributed by atoms with Crippen molar-refractivity contribution in [2.75, 3.05) is 0 Å². The van der Waals surface area contributed by atoms with Crippen molar-refractivity contribution in [3.8, 4) is 11.3 Å². The topological polar surface area (TPSA) is 49.0 Å². The van der Waals surface area contributed by atoms with E-state index in [1.54, 1.807) is 6.20 Å². The number of imidazole rings is 1. The minimum Gasteiger partial charge on any atom is -0.342 e. The van der Waals surface area contributed by atoms with E-state index in [1.165, 1.54) is 0 Å². The first kappa shape index (κ1) is 15.3. The Morgan fingerprint density at radius 2 is 1.76 bits per heavy atom. The van der Waals surface area contributed by atoms with Gasteiger partial charge in [-0.3, -0.25) is 4.79 Å². The molecule has 112 valence electrons. The van der Waals surface area contributed by atoms with E-state index in [1.807, 2.05) is 63.8 Å². The van der Waals surface area contributed by atoms with Gasteiger partial charge in [-0.15, -0.1) is 0 Å². The van der Waals surface area contributed by atoms with E-state index < -0.39 is 0 Å². The van der Waals surface area contributed by atoms with Gasteiger partial charge in [-0.2, -0.15) is 0 Å². The first-order valence-corrected chi connectivity index (χ1v) is 7.35. The first-order valence-electron chi connectivity index (χ1n) is 7.35. The standard InChI is InChI=1S/C17H23N3O/c1-11(2)20(12(3)4)17(21)15-9-7-6-8-14(15)16-10-18-13(5)19-16/h6-12H,1-5H3,(H,18,19). The fourth-order valence-corrected chi connectivity index (χ4v) is 2.67. The van der Waals surface area contributed by atoms with Crippen LogP contribution in [0.4, 0.5) is 0 Å². The molecule has 1 aromatic carbocycles.